The topological polar surface area (TPSA) is 117 Å². The molecule has 70 valence electrons. The molecule has 0 bridgehead atoms. The van der Waals surface area contributed by atoms with E-state index >= 15 is 0 Å². The van der Waals surface area contributed by atoms with Crippen LogP contribution in [0.5, 0.6) is 0 Å². The highest BCUT2D eigenvalue weighted by Crippen LogP contribution is 2.17. The second-order valence-electron chi connectivity index (χ2n) is 2.46. The molecule has 0 amide bonds. The van der Waals surface area contributed by atoms with E-state index in [9.17, 15) is 8.42 Å². The maximum absolute atomic E-state index is 10.7. The van der Waals surface area contributed by atoms with Crippen LogP contribution in [0.2, 0.25) is 0 Å². The fraction of sp³-hybridized carbons (Fsp3) is 0.167. The van der Waals surface area contributed by atoms with Gasteiger partial charge in [-0.15, -0.1) is 0 Å². The summed E-state index contributed by atoms with van der Waals surface area (Å²) in [5.41, 5.74) is 13.7. The zero-order valence-corrected chi connectivity index (χ0v) is 7.32. The first kappa shape index (κ1) is 9.66. The van der Waals surface area contributed by atoms with E-state index in [0.29, 0.717) is 0 Å². The Morgan fingerprint density at radius 3 is 2.62 bits per heavy atom. The molecule has 0 radical (unpaired) electrons. The lowest BCUT2D eigenvalue weighted by Gasteiger charge is -2.06. The molecule has 1 aliphatic carbocycles. The van der Waals surface area contributed by atoms with Crippen LogP contribution >= 0.6 is 0 Å². The molecular formula is C6H7N3O3S. The first-order chi connectivity index (χ1) is 5.95. The number of rotatable bonds is 1. The maximum Gasteiger partial charge on any atom is 0.297 e. The van der Waals surface area contributed by atoms with Crippen molar-refractivity contribution in [2.45, 2.75) is 6.42 Å². The molecule has 1 rings (SSSR count). The first-order valence-corrected chi connectivity index (χ1v) is 4.74. The third-order valence-electron chi connectivity index (χ3n) is 1.56. The van der Waals surface area contributed by atoms with Gasteiger partial charge in [-0.2, -0.15) is 13.2 Å². The minimum Gasteiger partial charge on any atom is -0.398 e. The molecule has 0 saturated heterocycles. The van der Waals surface area contributed by atoms with Gasteiger partial charge in [0.25, 0.3) is 15.8 Å². The summed E-state index contributed by atoms with van der Waals surface area (Å²) in [6.07, 6.45) is 2.42. The van der Waals surface area contributed by atoms with E-state index in [-0.39, 0.29) is 22.7 Å². The van der Waals surface area contributed by atoms with Crippen molar-refractivity contribution < 1.29 is 17.8 Å². The van der Waals surface area contributed by atoms with Crippen LogP contribution in [0.1, 0.15) is 6.42 Å². The maximum atomic E-state index is 10.7. The number of nitrogens with zero attached hydrogens (tertiary/aromatic N) is 2. The molecular weight excluding hydrogens is 194 g/mol. The van der Waals surface area contributed by atoms with Crippen molar-refractivity contribution in [2.75, 3.05) is 0 Å². The highest BCUT2D eigenvalue weighted by atomic mass is 32.2. The van der Waals surface area contributed by atoms with Crippen molar-refractivity contribution in [3.63, 3.8) is 0 Å². The van der Waals surface area contributed by atoms with E-state index in [1.165, 1.54) is 12.2 Å². The van der Waals surface area contributed by atoms with E-state index in [2.05, 4.69) is 4.79 Å². The van der Waals surface area contributed by atoms with Crippen LogP contribution in [0.3, 0.4) is 0 Å². The van der Waals surface area contributed by atoms with Crippen LogP contribution in [-0.2, 0) is 10.1 Å². The largest absolute Gasteiger partial charge is 0.398 e. The summed E-state index contributed by atoms with van der Waals surface area (Å²) in [4.78, 5) is 2.47. The summed E-state index contributed by atoms with van der Waals surface area (Å²) in [5, 5.41) is 0. The number of allylic oxidation sites excluding steroid dienone is 3. The average molecular weight is 201 g/mol. The summed E-state index contributed by atoms with van der Waals surface area (Å²) >= 11 is 0. The van der Waals surface area contributed by atoms with Crippen LogP contribution in [0.25, 0.3) is 5.53 Å². The van der Waals surface area contributed by atoms with Gasteiger partial charge in [-0.1, -0.05) is 0 Å². The van der Waals surface area contributed by atoms with Gasteiger partial charge in [-0.05, 0) is 6.08 Å². The lowest BCUT2D eigenvalue weighted by Crippen LogP contribution is -2.16. The Hall–Kier alpha value is -1.43. The predicted molar refractivity (Wildman–Crippen MR) is 45.1 cm³/mol. The summed E-state index contributed by atoms with van der Waals surface area (Å²) in [6.45, 7) is 0. The van der Waals surface area contributed by atoms with Gasteiger partial charge in [0, 0.05) is 11.8 Å². The first-order valence-electron chi connectivity index (χ1n) is 3.30. The van der Waals surface area contributed by atoms with Gasteiger partial charge in [-0.25, -0.2) is 0 Å². The molecule has 0 fully saturated rings. The molecule has 0 spiro atoms. The van der Waals surface area contributed by atoms with Crippen LogP contribution in [-0.4, -0.2) is 23.5 Å². The molecule has 0 heterocycles. The second-order valence-corrected chi connectivity index (χ2v) is 3.90. The standard InChI is InChI=1S/C6H7N3O3S/c7-5-2-1-4(9-8)3-6(5)13(10,11)12/h1-2H,3,7H2,(H,10,11,12). The van der Waals surface area contributed by atoms with Crippen molar-refractivity contribution >= 4 is 15.8 Å². The molecule has 6 nitrogen and oxygen atoms in total. The van der Waals surface area contributed by atoms with Gasteiger partial charge in [0.15, 0.2) is 0 Å². The molecule has 0 aromatic heterocycles. The van der Waals surface area contributed by atoms with Crippen molar-refractivity contribution in [3.8, 4) is 0 Å². The zero-order valence-electron chi connectivity index (χ0n) is 6.51. The van der Waals surface area contributed by atoms with E-state index < -0.39 is 10.1 Å². The van der Waals surface area contributed by atoms with Crippen molar-refractivity contribution in [1.82, 2.24) is 0 Å². The summed E-state index contributed by atoms with van der Waals surface area (Å²) in [6, 6.07) is 0. The quantitative estimate of drug-likeness (QED) is 0.343. The molecule has 13 heavy (non-hydrogen) atoms. The molecule has 7 heteroatoms. The Morgan fingerprint density at radius 1 is 1.54 bits per heavy atom. The fourth-order valence-corrected chi connectivity index (χ4v) is 1.61. The summed E-state index contributed by atoms with van der Waals surface area (Å²) < 4.78 is 30.1. The van der Waals surface area contributed by atoms with Gasteiger partial charge < -0.3 is 11.3 Å². The molecule has 0 saturated carbocycles. The third-order valence-corrected chi connectivity index (χ3v) is 2.56. The molecule has 0 unspecified atom stereocenters. The van der Waals surface area contributed by atoms with Crippen molar-refractivity contribution in [3.05, 3.63) is 28.3 Å². The molecule has 0 aromatic rings. The normalized spacial score (nSPS) is 17.5. The van der Waals surface area contributed by atoms with Crippen molar-refractivity contribution in [2.24, 2.45) is 5.73 Å². The minimum atomic E-state index is -4.31. The van der Waals surface area contributed by atoms with E-state index in [1.807, 2.05) is 0 Å². The van der Waals surface area contributed by atoms with Crippen molar-refractivity contribution in [1.29, 1.82) is 0 Å². The van der Waals surface area contributed by atoms with Gasteiger partial charge >= 0.3 is 0 Å². The monoisotopic (exact) mass is 201 g/mol. The highest BCUT2D eigenvalue weighted by Gasteiger charge is 2.25. The average Bonchev–Trinajstić information content (AvgIpc) is 2.03. The fourth-order valence-electron chi connectivity index (χ4n) is 0.913. The molecule has 0 aliphatic heterocycles. The highest BCUT2D eigenvalue weighted by molar-refractivity contribution is 7.89. The molecule has 0 atom stereocenters. The third kappa shape index (κ3) is 2.03. The van der Waals surface area contributed by atoms with E-state index in [0.717, 1.165) is 0 Å². The Bertz CT molecular complexity index is 440. The van der Waals surface area contributed by atoms with Gasteiger partial charge in [0.2, 0.25) is 0 Å². The summed E-state index contributed by atoms with van der Waals surface area (Å²) in [7, 11) is -4.31. The lowest BCUT2D eigenvalue weighted by molar-refractivity contribution is -0.00553. The summed E-state index contributed by atoms with van der Waals surface area (Å²) in [5.74, 6) is 0. The molecule has 1 aliphatic rings. The Morgan fingerprint density at radius 2 is 2.15 bits per heavy atom. The molecule has 0 aromatic carbocycles. The second kappa shape index (κ2) is 3.14. The number of hydrogen-bond acceptors (Lipinski definition) is 3. The SMILES string of the molecule is [N-]=[N+]=C1C=CC(N)=C(S(=O)(=O)O)C1. The van der Waals surface area contributed by atoms with Gasteiger partial charge in [-0.3, -0.25) is 4.55 Å². The van der Waals surface area contributed by atoms with Crippen LogP contribution in [0, 0.1) is 0 Å². The Kier molecular flexibility index (Phi) is 2.33. The Labute approximate surface area is 74.7 Å². The van der Waals surface area contributed by atoms with Gasteiger partial charge in [0.1, 0.15) is 4.91 Å². The molecule has 3 N–H and O–H groups in total. The van der Waals surface area contributed by atoms with Crippen LogP contribution in [0.4, 0.5) is 0 Å². The zero-order chi connectivity index (χ0) is 10.1. The van der Waals surface area contributed by atoms with E-state index in [4.69, 9.17) is 15.8 Å². The van der Waals surface area contributed by atoms with Crippen LogP contribution < -0.4 is 5.73 Å². The Balaban J connectivity index is 3.25. The van der Waals surface area contributed by atoms with Crippen LogP contribution in [0.15, 0.2) is 22.8 Å². The van der Waals surface area contributed by atoms with E-state index in [1.54, 1.807) is 0 Å². The number of nitrogens with two attached hydrogens (primary N) is 1. The van der Waals surface area contributed by atoms with Gasteiger partial charge in [0.05, 0.1) is 6.42 Å². The smallest absolute Gasteiger partial charge is 0.297 e. The lowest BCUT2D eigenvalue weighted by atomic mass is 10.1. The minimum absolute atomic E-state index is 0.0464. The number of hydrogen-bond donors (Lipinski definition) is 2. The predicted octanol–water partition coefficient (Wildman–Crippen LogP) is -0.325.